The molecule has 0 saturated carbocycles. The molecule has 3 amide bonds. The number of aromatic nitrogens is 1. The number of H-pyrrole nitrogens is 1. The van der Waals surface area contributed by atoms with E-state index in [1.807, 2.05) is 48.7 Å². The molecule has 3 aromatic rings. The minimum atomic E-state index is -1.29. The highest BCUT2D eigenvalue weighted by Crippen LogP contribution is 2.20. The molecule has 1 aromatic heterocycles. The van der Waals surface area contributed by atoms with Crippen LogP contribution in [0.4, 0.5) is 4.79 Å². The number of fused-ring (bicyclic) bond motifs is 1. The first-order chi connectivity index (χ1) is 16.8. The maximum Gasteiger partial charge on any atom is 0.334 e. The van der Waals surface area contributed by atoms with Crippen LogP contribution >= 0.6 is 11.6 Å². The highest BCUT2D eigenvalue weighted by Gasteiger charge is 2.36. The number of aromatic amines is 1. The van der Waals surface area contributed by atoms with Gasteiger partial charge in [-0.2, -0.15) is 0 Å². The molecule has 3 rings (SSSR count). The van der Waals surface area contributed by atoms with Crippen LogP contribution in [-0.2, 0) is 27.2 Å². The van der Waals surface area contributed by atoms with Crippen molar-refractivity contribution in [3.63, 3.8) is 0 Å². The number of hydrogen-bond acceptors (Lipinski definition) is 4. The number of halogens is 1. The monoisotopic (exact) mass is 498 g/mol. The van der Waals surface area contributed by atoms with Crippen LogP contribution in [0.15, 0.2) is 54.7 Å². The third kappa shape index (κ3) is 7.48. The van der Waals surface area contributed by atoms with E-state index in [0.717, 1.165) is 28.5 Å². The van der Waals surface area contributed by atoms with Crippen molar-refractivity contribution in [3.05, 3.63) is 70.9 Å². The second kappa shape index (κ2) is 12.3. The molecule has 186 valence electrons. The molecule has 0 spiro atoms. The topological polar surface area (TPSA) is 112 Å². The SMILES string of the molecule is CCOC(=O)C(C)(CCc1cccc(Cl)c1)NC(=O)NNC(=O)CCCc1c[nH]c2ccccc12. The third-order valence-corrected chi connectivity index (χ3v) is 5.99. The van der Waals surface area contributed by atoms with Crippen LogP contribution in [0.3, 0.4) is 0 Å². The van der Waals surface area contributed by atoms with Gasteiger partial charge in [-0.1, -0.05) is 41.9 Å². The Bertz CT molecular complexity index is 1180. The van der Waals surface area contributed by atoms with Gasteiger partial charge < -0.3 is 15.0 Å². The number of urea groups is 1. The minimum Gasteiger partial charge on any atom is -0.464 e. The van der Waals surface area contributed by atoms with E-state index in [-0.39, 0.29) is 25.4 Å². The highest BCUT2D eigenvalue weighted by atomic mass is 35.5. The minimum absolute atomic E-state index is 0.183. The van der Waals surface area contributed by atoms with Gasteiger partial charge in [0.05, 0.1) is 6.61 Å². The first kappa shape index (κ1) is 26.1. The molecular weight excluding hydrogens is 468 g/mol. The van der Waals surface area contributed by atoms with Gasteiger partial charge in [-0.3, -0.25) is 10.2 Å². The fourth-order valence-electron chi connectivity index (χ4n) is 3.84. The summed E-state index contributed by atoms with van der Waals surface area (Å²) in [5, 5.41) is 4.38. The second-order valence-corrected chi connectivity index (χ2v) is 8.96. The van der Waals surface area contributed by atoms with Crippen molar-refractivity contribution in [2.75, 3.05) is 6.61 Å². The molecule has 0 radical (unpaired) electrons. The zero-order valence-electron chi connectivity index (χ0n) is 19.9. The first-order valence-electron chi connectivity index (χ1n) is 11.6. The van der Waals surface area contributed by atoms with Gasteiger partial charge in [0.25, 0.3) is 0 Å². The van der Waals surface area contributed by atoms with Crippen molar-refractivity contribution in [2.24, 2.45) is 0 Å². The number of amides is 3. The Morgan fingerprint density at radius 3 is 2.63 bits per heavy atom. The number of esters is 1. The predicted molar refractivity (Wildman–Crippen MR) is 136 cm³/mol. The Morgan fingerprint density at radius 1 is 1.06 bits per heavy atom. The lowest BCUT2D eigenvalue weighted by molar-refractivity contribution is -0.150. The summed E-state index contributed by atoms with van der Waals surface area (Å²) in [4.78, 5) is 40.5. The number of hydrazine groups is 1. The predicted octanol–water partition coefficient (Wildman–Crippen LogP) is 4.43. The van der Waals surface area contributed by atoms with E-state index in [0.29, 0.717) is 17.9 Å². The average molecular weight is 499 g/mol. The molecule has 1 heterocycles. The molecule has 4 N–H and O–H groups in total. The number of para-hydroxylation sites is 1. The fraction of sp³-hybridized carbons (Fsp3) is 0.346. The molecule has 1 unspecified atom stereocenters. The van der Waals surface area contributed by atoms with Crippen LogP contribution in [0, 0.1) is 0 Å². The molecule has 2 aromatic carbocycles. The second-order valence-electron chi connectivity index (χ2n) is 8.52. The summed E-state index contributed by atoms with van der Waals surface area (Å²) >= 11 is 6.04. The summed E-state index contributed by atoms with van der Waals surface area (Å²) in [7, 11) is 0. The van der Waals surface area contributed by atoms with Crippen molar-refractivity contribution in [1.82, 2.24) is 21.2 Å². The van der Waals surface area contributed by atoms with Gasteiger partial charge in [0, 0.05) is 28.5 Å². The maximum absolute atomic E-state index is 12.6. The number of nitrogens with one attached hydrogen (secondary N) is 4. The van der Waals surface area contributed by atoms with E-state index in [1.54, 1.807) is 19.9 Å². The zero-order valence-corrected chi connectivity index (χ0v) is 20.7. The molecule has 9 heteroatoms. The summed E-state index contributed by atoms with van der Waals surface area (Å²) in [6.45, 7) is 3.48. The van der Waals surface area contributed by atoms with Crippen LogP contribution in [0.25, 0.3) is 10.9 Å². The molecule has 8 nitrogen and oxygen atoms in total. The Balaban J connectivity index is 1.47. The lowest BCUT2D eigenvalue weighted by Gasteiger charge is -2.28. The van der Waals surface area contributed by atoms with Crippen molar-refractivity contribution in [1.29, 1.82) is 0 Å². The first-order valence-corrected chi connectivity index (χ1v) is 12.0. The quantitative estimate of drug-likeness (QED) is 0.244. The van der Waals surface area contributed by atoms with Gasteiger partial charge in [-0.25, -0.2) is 15.0 Å². The van der Waals surface area contributed by atoms with Crippen LogP contribution in [0.1, 0.15) is 44.2 Å². The van der Waals surface area contributed by atoms with Crippen LogP contribution in [-0.4, -0.2) is 35.0 Å². The summed E-state index contributed by atoms with van der Waals surface area (Å²) < 4.78 is 5.17. The number of aryl methyl sites for hydroxylation is 2. The molecule has 0 aliphatic heterocycles. The van der Waals surface area contributed by atoms with E-state index in [2.05, 4.69) is 21.2 Å². The van der Waals surface area contributed by atoms with Gasteiger partial charge in [0.1, 0.15) is 5.54 Å². The molecule has 0 aliphatic carbocycles. The molecule has 1 atom stereocenters. The number of ether oxygens (including phenoxy) is 1. The van der Waals surface area contributed by atoms with Crippen LogP contribution < -0.4 is 16.2 Å². The van der Waals surface area contributed by atoms with Crippen molar-refractivity contribution in [3.8, 4) is 0 Å². The molecule has 0 aliphatic rings. The van der Waals surface area contributed by atoms with Gasteiger partial charge in [0.2, 0.25) is 5.91 Å². The van der Waals surface area contributed by atoms with Gasteiger partial charge >= 0.3 is 12.0 Å². The molecule has 0 bridgehead atoms. The summed E-state index contributed by atoms with van der Waals surface area (Å²) in [5.41, 5.74) is 6.57. The molecule has 0 fully saturated rings. The lowest BCUT2D eigenvalue weighted by Crippen LogP contribution is -2.58. The highest BCUT2D eigenvalue weighted by molar-refractivity contribution is 6.30. The van der Waals surface area contributed by atoms with Crippen molar-refractivity contribution < 1.29 is 19.1 Å². The van der Waals surface area contributed by atoms with Gasteiger partial charge in [0.15, 0.2) is 0 Å². The third-order valence-electron chi connectivity index (χ3n) is 5.76. The largest absolute Gasteiger partial charge is 0.464 e. The van der Waals surface area contributed by atoms with E-state index in [4.69, 9.17) is 16.3 Å². The molecule has 35 heavy (non-hydrogen) atoms. The number of hydrogen-bond donors (Lipinski definition) is 4. The summed E-state index contributed by atoms with van der Waals surface area (Å²) in [6.07, 6.45) is 4.33. The fourth-order valence-corrected chi connectivity index (χ4v) is 4.05. The van der Waals surface area contributed by atoms with Gasteiger partial charge in [-0.05, 0) is 68.9 Å². The van der Waals surface area contributed by atoms with E-state index >= 15 is 0 Å². The number of carbonyl (C=O) groups is 3. The smallest absolute Gasteiger partial charge is 0.334 e. The van der Waals surface area contributed by atoms with Gasteiger partial charge in [-0.15, -0.1) is 0 Å². The summed E-state index contributed by atoms with van der Waals surface area (Å²) in [6, 6.07) is 14.6. The number of carbonyl (C=O) groups excluding carboxylic acids is 3. The zero-order chi connectivity index (χ0) is 25.3. The Morgan fingerprint density at radius 2 is 1.86 bits per heavy atom. The number of benzene rings is 2. The van der Waals surface area contributed by atoms with Crippen molar-refractivity contribution >= 4 is 40.4 Å². The average Bonchev–Trinajstić information content (AvgIpc) is 3.25. The lowest BCUT2D eigenvalue weighted by atomic mass is 9.93. The molecule has 0 saturated heterocycles. The standard InChI is InChI=1S/C26H31ClN4O4/c1-3-35-24(33)26(2,15-14-18-8-6-10-20(27)16-18)29-25(34)31-30-23(32)13-7-9-19-17-28-22-12-5-4-11-21(19)22/h4-6,8,10-12,16-17,28H,3,7,9,13-15H2,1-2H3,(H,30,32)(H2,29,31,34). The van der Waals surface area contributed by atoms with E-state index < -0.39 is 17.5 Å². The Hall–Kier alpha value is -3.52. The Kier molecular flexibility index (Phi) is 9.14. The summed E-state index contributed by atoms with van der Waals surface area (Å²) in [5.74, 6) is -0.876. The van der Waals surface area contributed by atoms with Crippen LogP contribution in [0.2, 0.25) is 5.02 Å². The van der Waals surface area contributed by atoms with E-state index in [1.165, 1.54) is 0 Å². The van der Waals surface area contributed by atoms with Crippen molar-refractivity contribution in [2.45, 2.75) is 51.5 Å². The normalized spacial score (nSPS) is 12.5. The van der Waals surface area contributed by atoms with Crippen LogP contribution in [0.5, 0.6) is 0 Å². The Labute approximate surface area is 209 Å². The maximum atomic E-state index is 12.6. The molecular formula is C26H31ClN4O4. The number of rotatable bonds is 10. The van der Waals surface area contributed by atoms with E-state index in [9.17, 15) is 14.4 Å².